The van der Waals surface area contributed by atoms with Crippen LogP contribution in [0.4, 0.5) is 38.4 Å². The number of carbonyl (C=O) groups is 1. The molecule has 0 aliphatic carbocycles. The number of methoxy groups -OCH3 is 1. The predicted molar refractivity (Wildman–Crippen MR) is 192 cm³/mol. The Labute approximate surface area is 308 Å². The molecule has 1 atom stereocenters. The second kappa shape index (κ2) is 15.0. The van der Waals surface area contributed by atoms with Crippen molar-refractivity contribution in [1.29, 1.82) is 0 Å². The molecule has 4 N–H and O–H groups in total. The maximum Gasteiger partial charge on any atom is 0.281 e. The first kappa shape index (κ1) is 36.1. The SMILES string of the molecule is COc1c(C)cnc(CN2C[C@@H](CC(=O)N3CCN(c4nc(-c5cnc(N)nc5C(F)F)nc(N5CCOCC5)n4)CC3)c3c(Cl)nc(N)nc32)c1C. The number of morpholine rings is 1. The van der Waals surface area contributed by atoms with E-state index in [2.05, 4.69) is 34.9 Å². The van der Waals surface area contributed by atoms with Crippen molar-refractivity contribution >= 4 is 47.1 Å². The van der Waals surface area contributed by atoms with Crippen molar-refractivity contribution in [2.24, 2.45) is 0 Å². The van der Waals surface area contributed by atoms with Crippen LogP contribution in [-0.2, 0) is 16.1 Å². The molecule has 0 bridgehead atoms. The predicted octanol–water partition coefficient (Wildman–Crippen LogP) is 2.57. The van der Waals surface area contributed by atoms with Crippen LogP contribution < -0.4 is 30.9 Å². The van der Waals surface area contributed by atoms with Gasteiger partial charge in [-0.2, -0.15) is 19.9 Å². The molecule has 0 radical (unpaired) electrons. The van der Waals surface area contributed by atoms with E-state index >= 15 is 0 Å². The Hall–Kier alpha value is -5.30. The van der Waals surface area contributed by atoms with Crippen molar-refractivity contribution in [3.63, 3.8) is 0 Å². The fraction of sp³-hybridized carbons (Fsp3) is 0.485. The summed E-state index contributed by atoms with van der Waals surface area (Å²) in [4.78, 5) is 56.4. The van der Waals surface area contributed by atoms with Gasteiger partial charge in [0, 0.05) is 87.2 Å². The van der Waals surface area contributed by atoms with Gasteiger partial charge in [0.05, 0.1) is 38.1 Å². The molecule has 3 aliphatic rings. The number of nitrogens with zero attached hydrogens (tertiary/aromatic N) is 12. The van der Waals surface area contributed by atoms with Crippen molar-refractivity contribution in [1.82, 2.24) is 44.8 Å². The molecule has 0 saturated carbocycles. The number of hydrogen-bond donors (Lipinski definition) is 2. The van der Waals surface area contributed by atoms with Crippen LogP contribution in [-0.4, -0.2) is 117 Å². The van der Waals surface area contributed by atoms with E-state index in [-0.39, 0.29) is 46.7 Å². The number of halogens is 3. The molecule has 4 aromatic rings. The lowest BCUT2D eigenvalue weighted by Gasteiger charge is -2.36. The monoisotopic (exact) mass is 752 g/mol. The first-order chi connectivity index (χ1) is 25.5. The molecule has 3 aliphatic heterocycles. The first-order valence-electron chi connectivity index (χ1n) is 17.1. The largest absolute Gasteiger partial charge is 0.496 e. The Morgan fingerprint density at radius 3 is 2.32 bits per heavy atom. The number of pyridine rings is 1. The summed E-state index contributed by atoms with van der Waals surface area (Å²) in [6.07, 6.45) is 0.215. The van der Waals surface area contributed by atoms with Gasteiger partial charge in [-0.05, 0) is 13.8 Å². The number of ether oxygens (including phenoxy) is 2. The summed E-state index contributed by atoms with van der Waals surface area (Å²) in [7, 11) is 1.63. The summed E-state index contributed by atoms with van der Waals surface area (Å²) in [6, 6.07) is 0. The first-order valence-corrected chi connectivity index (χ1v) is 17.5. The number of nitrogen functional groups attached to an aromatic ring is 2. The van der Waals surface area contributed by atoms with E-state index in [4.69, 9.17) is 37.5 Å². The molecule has 0 aromatic carbocycles. The van der Waals surface area contributed by atoms with Crippen LogP contribution in [0.25, 0.3) is 11.4 Å². The summed E-state index contributed by atoms with van der Waals surface area (Å²) < 4.78 is 39.2. The minimum Gasteiger partial charge on any atom is -0.496 e. The number of hydrogen-bond acceptors (Lipinski definition) is 16. The smallest absolute Gasteiger partial charge is 0.281 e. The standard InChI is InChI=1S/C33H39ClF2N14O3/c1-17-13-39-21(18(2)25(17)52-3)16-50-15-19(23-26(34)42-31(38)45-29(23)50)12-22(51)47-4-6-48(7-5-47)32-43-28(20-14-40-30(37)41-24(20)27(35)36)44-33(46-32)49-8-10-53-11-9-49/h13-14,19,27H,4-12,15-16H2,1-3H3,(H2,37,40,41)(H2,38,42,45)/t19-/m1/s1. The second-order valence-electron chi connectivity index (χ2n) is 13.0. The van der Waals surface area contributed by atoms with Crippen molar-refractivity contribution in [2.75, 3.05) is 92.3 Å². The molecule has 17 nitrogen and oxygen atoms in total. The number of alkyl halides is 2. The average Bonchev–Trinajstić information content (AvgIpc) is 3.49. The molecule has 7 rings (SSSR count). The highest BCUT2D eigenvalue weighted by molar-refractivity contribution is 6.30. The Bertz CT molecular complexity index is 2010. The van der Waals surface area contributed by atoms with Crippen LogP contribution in [0.3, 0.4) is 0 Å². The van der Waals surface area contributed by atoms with Crippen LogP contribution in [0.2, 0.25) is 5.15 Å². The van der Waals surface area contributed by atoms with Gasteiger partial charge in [0.2, 0.25) is 29.7 Å². The number of rotatable bonds is 9. The van der Waals surface area contributed by atoms with E-state index in [1.807, 2.05) is 28.5 Å². The lowest BCUT2D eigenvalue weighted by molar-refractivity contribution is -0.131. The molecule has 2 saturated heterocycles. The zero-order valence-electron chi connectivity index (χ0n) is 29.5. The Kier molecular flexibility index (Phi) is 10.2. The van der Waals surface area contributed by atoms with E-state index in [0.717, 1.165) is 22.6 Å². The number of fused-ring (bicyclic) bond motifs is 1. The molecule has 7 heterocycles. The zero-order chi connectivity index (χ0) is 37.4. The maximum atomic E-state index is 14.0. The van der Waals surface area contributed by atoms with Crippen LogP contribution in [0.15, 0.2) is 12.4 Å². The molecule has 0 spiro atoms. The number of amides is 1. The lowest BCUT2D eigenvalue weighted by Crippen LogP contribution is -2.49. The number of aromatic nitrogens is 8. The van der Waals surface area contributed by atoms with Crippen LogP contribution in [0, 0.1) is 13.8 Å². The Balaban J connectivity index is 1.08. The average molecular weight is 753 g/mol. The molecular formula is C33H39ClF2N14O3. The van der Waals surface area contributed by atoms with Gasteiger partial charge in [0.25, 0.3) is 6.43 Å². The van der Waals surface area contributed by atoms with Crippen LogP contribution in [0.5, 0.6) is 5.75 Å². The van der Waals surface area contributed by atoms with Gasteiger partial charge in [0.1, 0.15) is 22.4 Å². The Morgan fingerprint density at radius 1 is 0.943 bits per heavy atom. The zero-order valence-corrected chi connectivity index (χ0v) is 30.2. The lowest BCUT2D eigenvalue weighted by atomic mass is 9.99. The number of piperazine rings is 1. The molecule has 2 fully saturated rings. The highest BCUT2D eigenvalue weighted by Crippen LogP contribution is 2.42. The number of nitrogens with two attached hydrogens (primary N) is 2. The molecule has 4 aromatic heterocycles. The van der Waals surface area contributed by atoms with Gasteiger partial charge >= 0.3 is 0 Å². The molecule has 53 heavy (non-hydrogen) atoms. The summed E-state index contributed by atoms with van der Waals surface area (Å²) in [6.45, 7) is 8.28. The molecule has 280 valence electrons. The number of carbonyl (C=O) groups excluding carboxylic acids is 1. The third-order valence-electron chi connectivity index (χ3n) is 9.66. The van der Waals surface area contributed by atoms with Crippen molar-refractivity contribution in [3.05, 3.63) is 45.6 Å². The number of aryl methyl sites for hydroxylation is 1. The summed E-state index contributed by atoms with van der Waals surface area (Å²) in [5, 5.41) is 0.215. The molecular weight excluding hydrogens is 714 g/mol. The van der Waals surface area contributed by atoms with Crippen molar-refractivity contribution in [2.45, 2.75) is 39.2 Å². The third-order valence-corrected chi connectivity index (χ3v) is 9.95. The second-order valence-corrected chi connectivity index (χ2v) is 13.3. The maximum absolute atomic E-state index is 14.0. The number of anilines is 5. The van der Waals surface area contributed by atoms with Crippen molar-refractivity contribution < 1.29 is 23.0 Å². The normalized spacial score (nSPS) is 17.5. The fourth-order valence-electron chi connectivity index (χ4n) is 6.96. The van der Waals surface area contributed by atoms with Crippen LogP contribution in [0.1, 0.15) is 46.8 Å². The van der Waals surface area contributed by atoms with Crippen LogP contribution >= 0.6 is 11.6 Å². The highest BCUT2D eigenvalue weighted by atomic mass is 35.5. The quantitative estimate of drug-likeness (QED) is 0.236. The van der Waals surface area contributed by atoms with Gasteiger partial charge in [-0.3, -0.25) is 9.78 Å². The Morgan fingerprint density at radius 2 is 1.64 bits per heavy atom. The van der Waals surface area contributed by atoms with Gasteiger partial charge in [-0.25, -0.2) is 23.7 Å². The minimum absolute atomic E-state index is 0.00367. The van der Waals surface area contributed by atoms with Gasteiger partial charge in [0.15, 0.2) is 5.82 Å². The summed E-state index contributed by atoms with van der Waals surface area (Å²) >= 11 is 6.64. The summed E-state index contributed by atoms with van der Waals surface area (Å²) in [5.74, 6) is 1.38. The van der Waals surface area contributed by atoms with E-state index in [0.29, 0.717) is 88.8 Å². The molecule has 20 heteroatoms. The van der Waals surface area contributed by atoms with Crippen molar-refractivity contribution in [3.8, 4) is 17.1 Å². The molecule has 1 amide bonds. The van der Waals surface area contributed by atoms with Gasteiger partial charge in [-0.15, -0.1) is 0 Å². The highest BCUT2D eigenvalue weighted by Gasteiger charge is 2.37. The van der Waals surface area contributed by atoms with Gasteiger partial charge in [-0.1, -0.05) is 11.6 Å². The van der Waals surface area contributed by atoms with E-state index in [1.54, 1.807) is 18.2 Å². The topological polar surface area (TPSA) is 204 Å². The minimum atomic E-state index is -2.93. The van der Waals surface area contributed by atoms with Gasteiger partial charge < -0.3 is 40.5 Å². The third kappa shape index (κ3) is 7.35. The molecule has 0 unspecified atom stereocenters. The van der Waals surface area contributed by atoms with E-state index in [1.165, 1.54) is 6.20 Å². The fourth-order valence-corrected chi connectivity index (χ4v) is 7.29. The summed E-state index contributed by atoms with van der Waals surface area (Å²) in [5.41, 5.74) is 14.4. The van der Waals surface area contributed by atoms with E-state index < -0.39 is 12.1 Å². The van der Waals surface area contributed by atoms with E-state index in [9.17, 15) is 13.6 Å².